The molecule has 0 aromatic heterocycles. The molecule has 3 N–H and O–H groups in total. The maximum atomic E-state index is 11.8. The Balaban J connectivity index is 2.82. The van der Waals surface area contributed by atoms with Gasteiger partial charge in [0.1, 0.15) is 0 Å². The summed E-state index contributed by atoms with van der Waals surface area (Å²) in [4.78, 5) is 11.8. The molecule has 0 atom stereocenters. The molecule has 0 bridgehead atoms. The smallest absolute Gasteiger partial charge is 0.270 e. The van der Waals surface area contributed by atoms with Crippen LogP contribution in [-0.2, 0) is 0 Å². The Morgan fingerprint density at radius 1 is 1.47 bits per heavy atom. The molecule has 1 amide bonds. The van der Waals surface area contributed by atoms with E-state index in [0.29, 0.717) is 20.7 Å². The van der Waals surface area contributed by atoms with Crippen LogP contribution in [0.25, 0.3) is 0 Å². The molecule has 0 fully saturated rings. The van der Waals surface area contributed by atoms with Crippen LogP contribution in [-0.4, -0.2) is 18.1 Å². The van der Waals surface area contributed by atoms with Crippen molar-refractivity contribution in [2.24, 2.45) is 0 Å². The Morgan fingerprint density at radius 2 is 2.18 bits per heavy atom. The second-order valence-electron chi connectivity index (χ2n) is 2.96. The summed E-state index contributed by atoms with van der Waals surface area (Å²) < 4.78 is 0.603. The van der Waals surface area contributed by atoms with Crippen molar-refractivity contribution in [2.75, 3.05) is 7.05 Å². The fourth-order valence-corrected chi connectivity index (χ4v) is 1.49. The molecule has 0 aliphatic heterocycles. The second kappa shape index (κ2) is 6.18. The van der Waals surface area contributed by atoms with Crippen molar-refractivity contribution in [1.29, 1.82) is 5.26 Å². The number of hydrogen-bond donors (Lipinski definition) is 3. The summed E-state index contributed by atoms with van der Waals surface area (Å²) in [5.41, 5.74) is 5.69. The first-order valence-corrected chi connectivity index (χ1v) is 5.76. The normalized spacial score (nSPS) is 9.00. The van der Waals surface area contributed by atoms with Crippen LogP contribution in [0.3, 0.4) is 0 Å². The second-order valence-corrected chi connectivity index (χ2v) is 4.23. The fourth-order valence-electron chi connectivity index (χ4n) is 1.01. The van der Waals surface area contributed by atoms with E-state index >= 15 is 0 Å². The van der Waals surface area contributed by atoms with E-state index in [1.165, 1.54) is 6.07 Å². The summed E-state index contributed by atoms with van der Waals surface area (Å²) in [7, 11) is 1.63. The van der Waals surface area contributed by atoms with Gasteiger partial charge in [0.15, 0.2) is 5.11 Å². The quantitative estimate of drug-likeness (QED) is 0.534. The number of amides is 1. The van der Waals surface area contributed by atoms with E-state index in [-0.39, 0.29) is 5.91 Å². The number of benzene rings is 1. The number of nitrogens with zero attached hydrogens (tertiary/aromatic N) is 1. The average Bonchev–Trinajstić information content (AvgIpc) is 2.36. The molecule has 0 heterocycles. The Hall–Kier alpha value is -1.65. The minimum atomic E-state index is -0.383. The summed E-state index contributed by atoms with van der Waals surface area (Å²) in [5.74, 6) is -0.383. The molecule has 0 aliphatic carbocycles. The van der Waals surface area contributed by atoms with E-state index in [2.05, 4.69) is 32.1 Å². The third-order valence-electron chi connectivity index (χ3n) is 1.86. The SMILES string of the molecule is CNC(=S)NNC(=O)c1cc(C#N)ccc1Br. The molecule has 88 valence electrons. The predicted molar refractivity (Wildman–Crippen MR) is 71.1 cm³/mol. The van der Waals surface area contributed by atoms with E-state index in [1.807, 2.05) is 6.07 Å². The number of hydrazine groups is 1. The standard InChI is InChI=1S/C10H9BrN4OS/c1-13-10(17)15-14-9(16)7-4-6(5-12)2-3-8(7)11/h2-4H,1H3,(H,14,16)(H2,13,15,17). The molecule has 1 aromatic rings. The van der Waals surface area contributed by atoms with Gasteiger partial charge in [0.05, 0.1) is 17.2 Å². The van der Waals surface area contributed by atoms with Gasteiger partial charge in [-0.25, -0.2) is 0 Å². The molecular formula is C10H9BrN4OS. The molecule has 0 radical (unpaired) electrons. The highest BCUT2D eigenvalue weighted by atomic mass is 79.9. The van der Waals surface area contributed by atoms with Crippen molar-refractivity contribution >= 4 is 39.2 Å². The summed E-state index contributed by atoms with van der Waals surface area (Å²) in [6.45, 7) is 0. The molecule has 0 spiro atoms. The lowest BCUT2D eigenvalue weighted by Crippen LogP contribution is -2.45. The van der Waals surface area contributed by atoms with E-state index < -0.39 is 0 Å². The summed E-state index contributed by atoms with van der Waals surface area (Å²) in [6, 6.07) is 6.72. The highest BCUT2D eigenvalue weighted by Crippen LogP contribution is 2.17. The van der Waals surface area contributed by atoms with Crippen LogP contribution < -0.4 is 16.2 Å². The molecule has 1 aromatic carbocycles. The van der Waals surface area contributed by atoms with Gasteiger partial charge in [0.2, 0.25) is 0 Å². The third-order valence-corrected chi connectivity index (χ3v) is 2.85. The number of hydrogen-bond acceptors (Lipinski definition) is 3. The summed E-state index contributed by atoms with van der Waals surface area (Å²) >= 11 is 8.04. The Labute approximate surface area is 112 Å². The van der Waals surface area contributed by atoms with Crippen molar-refractivity contribution in [2.45, 2.75) is 0 Å². The first-order chi connectivity index (χ1) is 8.08. The lowest BCUT2D eigenvalue weighted by molar-refractivity contribution is 0.0943. The van der Waals surface area contributed by atoms with Gasteiger partial charge < -0.3 is 5.32 Å². The molecule has 0 aliphatic rings. The van der Waals surface area contributed by atoms with Crippen LogP contribution in [0.15, 0.2) is 22.7 Å². The monoisotopic (exact) mass is 312 g/mol. The predicted octanol–water partition coefficient (Wildman–Crippen LogP) is 1.06. The zero-order chi connectivity index (χ0) is 12.8. The zero-order valence-electron chi connectivity index (χ0n) is 8.87. The lowest BCUT2D eigenvalue weighted by Gasteiger charge is -2.09. The number of nitriles is 1. The van der Waals surface area contributed by atoms with Crippen LogP contribution in [0.4, 0.5) is 0 Å². The van der Waals surface area contributed by atoms with E-state index in [0.717, 1.165) is 0 Å². The van der Waals surface area contributed by atoms with Crippen molar-refractivity contribution in [3.8, 4) is 6.07 Å². The Morgan fingerprint density at radius 3 is 2.76 bits per heavy atom. The maximum Gasteiger partial charge on any atom is 0.270 e. The number of thiocarbonyl (C=S) groups is 1. The number of halogens is 1. The summed E-state index contributed by atoms with van der Waals surface area (Å²) in [6.07, 6.45) is 0. The van der Waals surface area contributed by atoms with Gasteiger partial charge >= 0.3 is 0 Å². The van der Waals surface area contributed by atoms with E-state index in [9.17, 15) is 4.79 Å². The third kappa shape index (κ3) is 3.69. The molecule has 0 saturated carbocycles. The topological polar surface area (TPSA) is 76.9 Å². The molecular weight excluding hydrogens is 304 g/mol. The Bertz CT molecular complexity index is 498. The van der Waals surface area contributed by atoms with Crippen molar-refractivity contribution < 1.29 is 4.79 Å². The van der Waals surface area contributed by atoms with Crippen LogP contribution in [0, 0.1) is 11.3 Å². The number of carbonyl (C=O) groups excluding carboxylic acids is 1. The van der Waals surface area contributed by atoms with Gasteiger partial charge in [0, 0.05) is 11.5 Å². The highest BCUT2D eigenvalue weighted by Gasteiger charge is 2.10. The molecule has 0 saturated heterocycles. The summed E-state index contributed by atoms with van der Waals surface area (Å²) in [5, 5.41) is 11.7. The average molecular weight is 313 g/mol. The van der Waals surface area contributed by atoms with Crippen molar-refractivity contribution in [3.63, 3.8) is 0 Å². The van der Waals surface area contributed by atoms with Crippen LogP contribution in [0.1, 0.15) is 15.9 Å². The van der Waals surface area contributed by atoms with Gasteiger partial charge in [0.25, 0.3) is 5.91 Å². The van der Waals surface area contributed by atoms with Gasteiger partial charge in [-0.15, -0.1) is 0 Å². The van der Waals surface area contributed by atoms with Crippen molar-refractivity contribution in [3.05, 3.63) is 33.8 Å². The molecule has 17 heavy (non-hydrogen) atoms. The number of nitrogens with one attached hydrogen (secondary N) is 3. The molecule has 0 unspecified atom stereocenters. The fraction of sp³-hybridized carbons (Fsp3) is 0.100. The minimum Gasteiger partial charge on any atom is -0.364 e. The highest BCUT2D eigenvalue weighted by molar-refractivity contribution is 9.10. The van der Waals surface area contributed by atoms with Gasteiger partial charge in [-0.3, -0.25) is 15.6 Å². The van der Waals surface area contributed by atoms with Crippen molar-refractivity contribution in [1.82, 2.24) is 16.2 Å². The maximum absolute atomic E-state index is 11.8. The number of rotatable bonds is 1. The van der Waals surface area contributed by atoms with E-state index in [4.69, 9.17) is 17.5 Å². The van der Waals surface area contributed by atoms with E-state index in [1.54, 1.807) is 19.2 Å². The van der Waals surface area contributed by atoms with Crippen LogP contribution >= 0.6 is 28.1 Å². The van der Waals surface area contributed by atoms with Gasteiger partial charge in [-0.1, -0.05) is 0 Å². The Kier molecular flexibility index (Phi) is 4.87. The lowest BCUT2D eigenvalue weighted by atomic mass is 10.1. The van der Waals surface area contributed by atoms with Gasteiger partial charge in [-0.05, 0) is 46.3 Å². The largest absolute Gasteiger partial charge is 0.364 e. The minimum absolute atomic E-state index is 0.297. The first kappa shape index (κ1) is 13.4. The van der Waals surface area contributed by atoms with Crippen LogP contribution in [0.5, 0.6) is 0 Å². The zero-order valence-corrected chi connectivity index (χ0v) is 11.3. The molecule has 5 nitrogen and oxygen atoms in total. The molecule has 1 rings (SSSR count). The first-order valence-electron chi connectivity index (χ1n) is 4.56. The number of carbonyl (C=O) groups is 1. The van der Waals surface area contributed by atoms with Crippen LogP contribution in [0.2, 0.25) is 0 Å². The molecule has 7 heteroatoms. The van der Waals surface area contributed by atoms with Gasteiger partial charge in [-0.2, -0.15) is 5.26 Å².